The van der Waals surface area contributed by atoms with Gasteiger partial charge in [-0.3, -0.25) is 19.6 Å². The van der Waals surface area contributed by atoms with Crippen LogP contribution in [0.2, 0.25) is 0 Å². The average Bonchev–Trinajstić information content (AvgIpc) is 3.38. The smallest absolute Gasteiger partial charge is 0.396 e. The molecule has 12 nitrogen and oxygen atoms in total. The van der Waals surface area contributed by atoms with Gasteiger partial charge in [-0.1, -0.05) is 36.4 Å². The molecule has 2 aromatic heterocycles. The molecular formula is C54H52F6N6O6. The molecule has 376 valence electrons. The van der Waals surface area contributed by atoms with Gasteiger partial charge < -0.3 is 40.1 Å². The van der Waals surface area contributed by atoms with Crippen molar-refractivity contribution in [2.45, 2.75) is 51.1 Å². The molecule has 2 amide bonds. The van der Waals surface area contributed by atoms with Gasteiger partial charge in [0.05, 0.1) is 38.5 Å². The first-order chi connectivity index (χ1) is 34.5. The lowest BCUT2D eigenvalue weighted by molar-refractivity contribution is -0.142. The van der Waals surface area contributed by atoms with E-state index in [1.807, 2.05) is 50.2 Å². The second-order valence-corrected chi connectivity index (χ2v) is 18.5. The van der Waals surface area contributed by atoms with Gasteiger partial charge in [0.2, 0.25) is 0 Å². The predicted molar refractivity (Wildman–Crippen MR) is 260 cm³/mol. The summed E-state index contributed by atoms with van der Waals surface area (Å²) < 4.78 is 89.3. The predicted octanol–water partition coefficient (Wildman–Crippen LogP) is 9.40. The zero-order chi connectivity index (χ0) is 50.9. The number of benzene rings is 4. The number of amides is 2. The summed E-state index contributed by atoms with van der Waals surface area (Å²) >= 11 is 0. The Balaban J connectivity index is 0.000000178. The van der Waals surface area contributed by atoms with Crippen LogP contribution in [0.3, 0.4) is 0 Å². The number of morpholine rings is 2. The number of rotatable bonds is 8. The Kier molecular flexibility index (Phi) is 14.4. The number of ether oxygens (including phenoxy) is 2. The van der Waals surface area contributed by atoms with Gasteiger partial charge in [-0.2, -0.15) is 26.3 Å². The Bertz CT molecular complexity index is 2790. The Hall–Kier alpha value is -6.86. The fraction of sp³-hybridized carbons (Fsp3) is 0.333. The number of aliphatic hydroxyl groups excluding tert-OH is 2. The molecule has 0 aliphatic carbocycles. The van der Waals surface area contributed by atoms with Gasteiger partial charge in [-0.15, -0.1) is 0 Å². The van der Waals surface area contributed by atoms with Gasteiger partial charge in [0.1, 0.15) is 11.4 Å². The largest absolute Gasteiger partial charge is 0.433 e. The van der Waals surface area contributed by atoms with Crippen LogP contribution in [0, 0.1) is 25.7 Å². The van der Waals surface area contributed by atoms with Crippen molar-refractivity contribution in [2.24, 2.45) is 11.8 Å². The number of fused-ring (bicyclic) bond motifs is 6. The zero-order valence-corrected chi connectivity index (χ0v) is 39.4. The number of alkyl halides is 6. The van der Waals surface area contributed by atoms with E-state index >= 15 is 0 Å². The Morgan fingerprint density at radius 2 is 1.01 bits per heavy atom. The van der Waals surface area contributed by atoms with E-state index < -0.39 is 35.6 Å². The summed E-state index contributed by atoms with van der Waals surface area (Å²) in [7, 11) is 0. The number of nitrogens with one attached hydrogen (secondary N) is 2. The first-order valence-corrected chi connectivity index (χ1v) is 23.6. The van der Waals surface area contributed by atoms with Crippen molar-refractivity contribution >= 4 is 34.6 Å². The number of hydrogen-bond donors (Lipinski definition) is 4. The van der Waals surface area contributed by atoms with E-state index in [4.69, 9.17) is 9.47 Å². The summed E-state index contributed by atoms with van der Waals surface area (Å²) in [4.78, 5) is 36.6. The molecule has 2 saturated heterocycles. The molecule has 18 heteroatoms. The highest BCUT2D eigenvalue weighted by Crippen LogP contribution is 2.41. The van der Waals surface area contributed by atoms with E-state index in [9.17, 15) is 46.1 Å². The molecule has 2 fully saturated rings. The van der Waals surface area contributed by atoms with Crippen LogP contribution in [-0.4, -0.2) is 96.8 Å². The van der Waals surface area contributed by atoms with Gasteiger partial charge in [0.25, 0.3) is 11.8 Å². The fourth-order valence-electron chi connectivity index (χ4n) is 10.1. The van der Waals surface area contributed by atoms with Crippen molar-refractivity contribution in [1.82, 2.24) is 9.97 Å². The summed E-state index contributed by atoms with van der Waals surface area (Å²) in [6, 6.07) is 27.6. The van der Waals surface area contributed by atoms with Gasteiger partial charge in [-0.05, 0) is 132 Å². The number of anilines is 4. The third-order valence-corrected chi connectivity index (χ3v) is 13.9. The quantitative estimate of drug-likeness (QED) is 0.109. The summed E-state index contributed by atoms with van der Waals surface area (Å²) in [5.74, 6) is -1.05. The van der Waals surface area contributed by atoms with Gasteiger partial charge in [-0.25, -0.2) is 0 Å². The maximum Gasteiger partial charge on any atom is 0.433 e. The van der Waals surface area contributed by atoms with Gasteiger partial charge in [0.15, 0.2) is 0 Å². The highest BCUT2D eigenvalue weighted by Gasteiger charge is 2.38. The lowest BCUT2D eigenvalue weighted by Gasteiger charge is -2.46. The molecule has 10 rings (SSSR count). The SMILES string of the molecule is Cc1ccc(NC(=O)c2ccnc(C(F)(F)F)c2)cc1-c1ccc2c(c1)N1CCOC[C@@H]1[C@@H](CO)C2.Cc1ccc(NC(=O)c2ccnc(C(F)(F)F)c2)cc1-c1ccc2c(c1)N1CCOC[C@H]1[C@H](CO)C2. The number of aryl methyl sites for hydroxylation is 2. The van der Waals surface area contributed by atoms with Crippen LogP contribution >= 0.6 is 0 Å². The molecule has 72 heavy (non-hydrogen) atoms. The molecule has 6 heterocycles. The molecule has 4 aliphatic rings. The van der Waals surface area contributed by atoms with Crippen molar-refractivity contribution in [3.05, 3.63) is 154 Å². The Morgan fingerprint density at radius 3 is 1.40 bits per heavy atom. The van der Waals surface area contributed by atoms with Gasteiger partial charge in [0, 0.05) is 84.4 Å². The molecular weight excluding hydrogens is 943 g/mol. The lowest BCUT2D eigenvalue weighted by atomic mass is 9.84. The summed E-state index contributed by atoms with van der Waals surface area (Å²) in [5, 5.41) is 25.2. The third-order valence-electron chi connectivity index (χ3n) is 13.9. The van der Waals surface area contributed by atoms with Crippen LogP contribution in [0.4, 0.5) is 49.1 Å². The lowest BCUT2D eigenvalue weighted by Crippen LogP contribution is -2.53. The molecule has 4 atom stereocenters. The molecule has 0 radical (unpaired) electrons. The highest BCUT2D eigenvalue weighted by molar-refractivity contribution is 6.05. The van der Waals surface area contributed by atoms with Crippen molar-refractivity contribution in [2.75, 3.05) is 73.2 Å². The van der Waals surface area contributed by atoms with E-state index in [-0.39, 0.29) is 48.3 Å². The fourth-order valence-corrected chi connectivity index (χ4v) is 10.1. The second kappa shape index (κ2) is 20.7. The first kappa shape index (κ1) is 50.1. The van der Waals surface area contributed by atoms with Crippen molar-refractivity contribution in [3.8, 4) is 22.3 Å². The zero-order valence-electron chi connectivity index (χ0n) is 39.4. The van der Waals surface area contributed by atoms with Crippen LogP contribution in [0.15, 0.2) is 109 Å². The second-order valence-electron chi connectivity index (χ2n) is 18.5. The van der Waals surface area contributed by atoms with Crippen LogP contribution < -0.4 is 20.4 Å². The van der Waals surface area contributed by atoms with E-state index in [0.29, 0.717) is 37.8 Å². The van der Waals surface area contributed by atoms with E-state index in [1.165, 1.54) is 23.3 Å². The van der Waals surface area contributed by atoms with Gasteiger partial charge >= 0.3 is 12.4 Å². The van der Waals surface area contributed by atoms with E-state index in [0.717, 1.165) is 95.2 Å². The Labute approximate surface area is 411 Å². The third kappa shape index (κ3) is 10.7. The minimum Gasteiger partial charge on any atom is -0.396 e. The van der Waals surface area contributed by atoms with Crippen LogP contribution in [-0.2, 0) is 34.7 Å². The molecule has 0 bridgehead atoms. The number of pyridine rings is 2. The number of carbonyl (C=O) groups excluding carboxylic acids is 2. The monoisotopic (exact) mass is 994 g/mol. The average molecular weight is 995 g/mol. The Morgan fingerprint density at radius 1 is 0.597 bits per heavy atom. The number of hydrogen-bond acceptors (Lipinski definition) is 10. The maximum atomic E-state index is 13.0. The van der Waals surface area contributed by atoms with Crippen molar-refractivity contribution in [3.63, 3.8) is 0 Å². The number of aliphatic hydroxyl groups is 2. The standard InChI is InChI=1S/2C27H26F3N3O3/c2*1-16-2-5-21(32-26(35)19-6-7-31-25(12-19)27(28,29)30)13-22(16)17-3-4-18-10-20(14-34)24-15-36-9-8-33(24)23(18)11-17/h2*2-7,11-13,20,24,34H,8-10,14-15H2,1H3,(H,32,35)/t2*20-,24-/m10/s1. The minimum absolute atomic E-state index is 0.106. The number of carbonyl (C=O) groups is 2. The van der Waals surface area contributed by atoms with Crippen LogP contribution in [0.25, 0.3) is 22.3 Å². The van der Waals surface area contributed by atoms with Crippen LogP contribution in [0.5, 0.6) is 0 Å². The minimum atomic E-state index is -4.63. The molecule has 0 unspecified atom stereocenters. The molecule has 0 spiro atoms. The molecule has 0 saturated carbocycles. The van der Waals surface area contributed by atoms with Crippen molar-refractivity contribution in [1.29, 1.82) is 0 Å². The topological polar surface area (TPSA) is 149 Å². The molecule has 4 N–H and O–H groups in total. The molecule has 6 aromatic rings. The van der Waals surface area contributed by atoms with E-state index in [1.54, 1.807) is 12.1 Å². The molecule has 4 aromatic carbocycles. The summed E-state index contributed by atoms with van der Waals surface area (Å²) in [6.07, 6.45) is -5.75. The number of halogens is 6. The summed E-state index contributed by atoms with van der Waals surface area (Å²) in [5.41, 5.74) is 8.85. The number of aromatic nitrogens is 2. The summed E-state index contributed by atoms with van der Waals surface area (Å²) in [6.45, 7) is 8.07. The molecule has 4 aliphatic heterocycles. The van der Waals surface area contributed by atoms with E-state index in [2.05, 4.69) is 54.7 Å². The normalized spacial score (nSPS) is 19.4. The van der Waals surface area contributed by atoms with Crippen LogP contribution in [0.1, 0.15) is 54.4 Å². The maximum absolute atomic E-state index is 13.0. The highest BCUT2D eigenvalue weighted by atomic mass is 19.4. The number of nitrogens with zero attached hydrogens (tertiary/aromatic N) is 4. The first-order valence-electron chi connectivity index (χ1n) is 23.6. The van der Waals surface area contributed by atoms with Crippen molar-refractivity contribution < 1.29 is 55.6 Å².